The van der Waals surface area contributed by atoms with Gasteiger partial charge in [-0.05, 0) is 13.0 Å². The second-order valence-electron chi connectivity index (χ2n) is 4.63. The first-order valence-corrected chi connectivity index (χ1v) is 6.36. The van der Waals surface area contributed by atoms with Gasteiger partial charge in [0, 0.05) is 19.2 Å². The predicted molar refractivity (Wildman–Crippen MR) is 71.0 cm³/mol. The first-order valence-electron chi connectivity index (χ1n) is 6.36. The summed E-state index contributed by atoms with van der Waals surface area (Å²) in [7, 11) is 3.23. The summed E-state index contributed by atoms with van der Waals surface area (Å²) >= 11 is 0. The first-order chi connectivity index (χ1) is 9.70. The van der Waals surface area contributed by atoms with Gasteiger partial charge in [-0.15, -0.1) is 0 Å². The van der Waals surface area contributed by atoms with Crippen LogP contribution in [0, 0.1) is 0 Å². The quantitative estimate of drug-likeness (QED) is 0.793. The minimum Gasteiger partial charge on any atom is -0.464 e. The molecule has 2 aromatic rings. The number of hydrogen-bond acceptors (Lipinski definition) is 6. The summed E-state index contributed by atoms with van der Waals surface area (Å²) in [4.78, 5) is 24.9. The normalized spacial score (nSPS) is 13.9. The summed E-state index contributed by atoms with van der Waals surface area (Å²) in [5, 5.41) is 3.25. The summed E-state index contributed by atoms with van der Waals surface area (Å²) in [6.07, 6.45) is 4.08. The lowest BCUT2D eigenvalue weighted by Crippen LogP contribution is -2.28. The molecule has 0 amide bonds. The Labute approximate surface area is 116 Å². The van der Waals surface area contributed by atoms with Crippen molar-refractivity contribution in [1.29, 1.82) is 0 Å². The van der Waals surface area contributed by atoms with Gasteiger partial charge in [0.05, 0.1) is 25.3 Å². The Morgan fingerprint density at radius 2 is 2.30 bits per heavy atom. The lowest BCUT2D eigenvalue weighted by molar-refractivity contribution is 0.0592. The number of carbonyl (C=O) groups excluding carboxylic acids is 1. The number of carbonyl (C=O) groups is 1. The van der Waals surface area contributed by atoms with Gasteiger partial charge >= 0.3 is 5.97 Å². The van der Waals surface area contributed by atoms with Crippen LogP contribution in [0.2, 0.25) is 0 Å². The predicted octanol–water partition coefficient (Wildman–Crippen LogP) is 0.309. The SMILES string of the molecule is COC(=O)c1nc(-c2cncn2C)nc2c1CCNC2. The van der Waals surface area contributed by atoms with E-state index in [9.17, 15) is 4.79 Å². The maximum absolute atomic E-state index is 11.9. The highest BCUT2D eigenvalue weighted by molar-refractivity contribution is 5.89. The summed E-state index contributed by atoms with van der Waals surface area (Å²) in [5.41, 5.74) is 2.85. The van der Waals surface area contributed by atoms with Crippen molar-refractivity contribution in [3.05, 3.63) is 29.5 Å². The summed E-state index contributed by atoms with van der Waals surface area (Å²) < 4.78 is 6.65. The van der Waals surface area contributed by atoms with Gasteiger partial charge in [0.1, 0.15) is 5.69 Å². The Hall–Kier alpha value is -2.28. The first kappa shape index (κ1) is 12.7. The zero-order chi connectivity index (χ0) is 14.1. The third-order valence-corrected chi connectivity index (χ3v) is 3.36. The minimum atomic E-state index is -0.422. The number of esters is 1. The number of ether oxygens (including phenoxy) is 1. The molecule has 0 atom stereocenters. The molecule has 1 N–H and O–H groups in total. The molecule has 0 unspecified atom stereocenters. The van der Waals surface area contributed by atoms with Crippen LogP contribution < -0.4 is 5.32 Å². The second-order valence-corrected chi connectivity index (χ2v) is 4.63. The summed E-state index contributed by atoms with van der Waals surface area (Å²) in [5.74, 6) is 0.0711. The van der Waals surface area contributed by atoms with Crippen LogP contribution in [0.3, 0.4) is 0 Å². The molecule has 0 saturated heterocycles. The van der Waals surface area contributed by atoms with Crippen molar-refractivity contribution in [2.75, 3.05) is 13.7 Å². The van der Waals surface area contributed by atoms with Crippen molar-refractivity contribution in [3.63, 3.8) is 0 Å². The van der Waals surface area contributed by atoms with E-state index in [2.05, 4.69) is 20.3 Å². The molecule has 0 fully saturated rings. The molecule has 7 heteroatoms. The van der Waals surface area contributed by atoms with Crippen molar-refractivity contribution in [2.45, 2.75) is 13.0 Å². The van der Waals surface area contributed by atoms with Crippen molar-refractivity contribution in [1.82, 2.24) is 24.8 Å². The van der Waals surface area contributed by atoms with E-state index in [1.165, 1.54) is 7.11 Å². The average Bonchev–Trinajstić information content (AvgIpc) is 2.91. The van der Waals surface area contributed by atoms with E-state index in [0.29, 0.717) is 18.1 Å². The zero-order valence-corrected chi connectivity index (χ0v) is 11.4. The fourth-order valence-electron chi connectivity index (χ4n) is 2.31. The van der Waals surface area contributed by atoms with Crippen LogP contribution in [0.15, 0.2) is 12.5 Å². The molecule has 3 rings (SSSR count). The van der Waals surface area contributed by atoms with E-state index in [-0.39, 0.29) is 0 Å². The van der Waals surface area contributed by atoms with Crippen LogP contribution >= 0.6 is 0 Å². The zero-order valence-electron chi connectivity index (χ0n) is 11.4. The van der Waals surface area contributed by atoms with E-state index in [1.807, 2.05) is 11.6 Å². The van der Waals surface area contributed by atoms with Gasteiger partial charge < -0.3 is 14.6 Å². The van der Waals surface area contributed by atoms with E-state index in [1.54, 1.807) is 12.5 Å². The monoisotopic (exact) mass is 273 g/mol. The number of fused-ring (bicyclic) bond motifs is 1. The van der Waals surface area contributed by atoms with Crippen molar-refractivity contribution in [2.24, 2.45) is 7.05 Å². The minimum absolute atomic E-state index is 0.357. The molecule has 0 radical (unpaired) electrons. The van der Waals surface area contributed by atoms with E-state index in [0.717, 1.165) is 29.9 Å². The Balaban J connectivity index is 2.18. The number of nitrogens with one attached hydrogen (secondary N) is 1. The standard InChI is InChI=1S/C13H15N5O2/c1-18-7-15-6-10(18)12-16-9-5-14-4-3-8(9)11(17-12)13(19)20-2/h6-7,14H,3-5H2,1-2H3. The Bertz CT molecular complexity index is 665. The highest BCUT2D eigenvalue weighted by Gasteiger charge is 2.23. The smallest absolute Gasteiger partial charge is 0.357 e. The molecule has 2 aromatic heterocycles. The molecular weight excluding hydrogens is 258 g/mol. The van der Waals surface area contributed by atoms with Crippen LogP contribution in [-0.2, 0) is 24.8 Å². The molecule has 0 saturated carbocycles. The highest BCUT2D eigenvalue weighted by atomic mass is 16.5. The van der Waals surface area contributed by atoms with Gasteiger partial charge in [-0.1, -0.05) is 0 Å². The van der Waals surface area contributed by atoms with Crippen molar-refractivity contribution < 1.29 is 9.53 Å². The topological polar surface area (TPSA) is 81.9 Å². The molecule has 0 aliphatic carbocycles. The lowest BCUT2D eigenvalue weighted by atomic mass is 10.0. The fraction of sp³-hybridized carbons (Fsp3) is 0.385. The van der Waals surface area contributed by atoms with Gasteiger partial charge in [0.2, 0.25) is 0 Å². The van der Waals surface area contributed by atoms with Gasteiger partial charge in [-0.25, -0.2) is 19.7 Å². The van der Waals surface area contributed by atoms with Crippen molar-refractivity contribution in [3.8, 4) is 11.5 Å². The molecular formula is C13H15N5O2. The molecule has 3 heterocycles. The number of aromatic nitrogens is 4. The third kappa shape index (κ3) is 2.05. The number of hydrogen-bond donors (Lipinski definition) is 1. The Kier molecular flexibility index (Phi) is 3.19. The molecule has 0 spiro atoms. The number of nitrogens with zero attached hydrogens (tertiary/aromatic N) is 4. The number of methoxy groups -OCH3 is 1. The summed E-state index contributed by atoms with van der Waals surface area (Å²) in [6.45, 7) is 1.44. The Morgan fingerprint density at radius 1 is 1.45 bits per heavy atom. The number of rotatable bonds is 2. The fourth-order valence-corrected chi connectivity index (χ4v) is 2.31. The number of imidazole rings is 1. The van der Waals surface area contributed by atoms with E-state index in [4.69, 9.17) is 4.74 Å². The van der Waals surface area contributed by atoms with Crippen LogP contribution in [-0.4, -0.2) is 39.1 Å². The molecule has 7 nitrogen and oxygen atoms in total. The maximum atomic E-state index is 11.9. The maximum Gasteiger partial charge on any atom is 0.357 e. The van der Waals surface area contributed by atoms with Crippen molar-refractivity contribution >= 4 is 5.97 Å². The van der Waals surface area contributed by atoms with Crippen LogP contribution in [0.25, 0.3) is 11.5 Å². The van der Waals surface area contributed by atoms with Crippen LogP contribution in [0.5, 0.6) is 0 Å². The summed E-state index contributed by atoms with van der Waals surface area (Å²) in [6, 6.07) is 0. The molecule has 1 aliphatic heterocycles. The molecule has 20 heavy (non-hydrogen) atoms. The van der Waals surface area contributed by atoms with E-state index < -0.39 is 5.97 Å². The van der Waals surface area contributed by atoms with Crippen LogP contribution in [0.1, 0.15) is 21.7 Å². The molecule has 1 aliphatic rings. The van der Waals surface area contributed by atoms with Gasteiger partial charge in [-0.2, -0.15) is 0 Å². The second kappa shape index (κ2) is 5.01. The third-order valence-electron chi connectivity index (χ3n) is 3.36. The van der Waals surface area contributed by atoms with Crippen LogP contribution in [0.4, 0.5) is 0 Å². The van der Waals surface area contributed by atoms with Gasteiger partial charge in [0.25, 0.3) is 0 Å². The molecule has 104 valence electrons. The van der Waals surface area contributed by atoms with Gasteiger partial charge in [-0.3, -0.25) is 0 Å². The average molecular weight is 273 g/mol. The molecule has 0 bridgehead atoms. The number of aryl methyl sites for hydroxylation is 1. The van der Waals surface area contributed by atoms with Gasteiger partial charge in [0.15, 0.2) is 11.5 Å². The highest BCUT2D eigenvalue weighted by Crippen LogP contribution is 2.21. The Morgan fingerprint density at radius 3 is 3.00 bits per heavy atom. The lowest BCUT2D eigenvalue weighted by Gasteiger charge is -2.19. The molecule has 0 aromatic carbocycles. The largest absolute Gasteiger partial charge is 0.464 e. The van der Waals surface area contributed by atoms with E-state index >= 15 is 0 Å².